The maximum Gasteiger partial charge on any atom is 0.255 e. The van der Waals surface area contributed by atoms with Gasteiger partial charge in [0.15, 0.2) is 6.79 Å². The van der Waals surface area contributed by atoms with E-state index in [1.807, 2.05) is 0 Å². The number of hydrogen-bond acceptors (Lipinski definition) is 4. The van der Waals surface area contributed by atoms with Crippen LogP contribution in [0.25, 0.3) is 5.69 Å². The molecule has 0 spiro atoms. The molecule has 1 aliphatic heterocycles. The highest BCUT2D eigenvalue weighted by molar-refractivity contribution is 5.96. The number of carbonyl (C=O) groups excluding carboxylic acids is 1. The zero-order valence-corrected chi connectivity index (χ0v) is 16.7. The lowest BCUT2D eigenvalue weighted by atomic mass is 10.1. The van der Waals surface area contributed by atoms with Gasteiger partial charge >= 0.3 is 0 Å². The molecule has 2 heterocycles. The van der Waals surface area contributed by atoms with Gasteiger partial charge in [-0.2, -0.15) is 5.10 Å². The number of carbonyl (C=O) groups is 1. The largest absolute Gasteiger partial charge is 0.467 e. The van der Waals surface area contributed by atoms with E-state index in [1.165, 1.54) is 24.3 Å². The molecule has 0 unspecified atom stereocenters. The lowest BCUT2D eigenvalue weighted by molar-refractivity contribution is -0.0172. The maximum atomic E-state index is 13.9. The van der Waals surface area contributed by atoms with E-state index in [-0.39, 0.29) is 24.3 Å². The van der Waals surface area contributed by atoms with Crippen LogP contribution in [0.3, 0.4) is 0 Å². The van der Waals surface area contributed by atoms with E-state index < -0.39 is 0 Å². The van der Waals surface area contributed by atoms with Crippen molar-refractivity contribution >= 4 is 5.91 Å². The minimum Gasteiger partial charge on any atom is -0.467 e. The molecule has 4 rings (SSSR count). The number of aromatic nitrogens is 2. The highest BCUT2D eigenvalue weighted by Crippen LogP contribution is 2.29. The zero-order valence-electron chi connectivity index (χ0n) is 16.7. The number of rotatable bonds is 5. The van der Waals surface area contributed by atoms with E-state index in [0.717, 1.165) is 0 Å². The summed E-state index contributed by atoms with van der Waals surface area (Å²) in [6, 6.07) is 8.71. The van der Waals surface area contributed by atoms with Gasteiger partial charge in [-0.25, -0.2) is 13.5 Å². The topological polar surface area (TPSA) is 65.4 Å². The average molecular weight is 413 g/mol. The summed E-state index contributed by atoms with van der Waals surface area (Å²) < 4.78 is 39.4. The summed E-state index contributed by atoms with van der Waals surface area (Å²) in [6.07, 6.45) is 0.413. The van der Waals surface area contributed by atoms with Gasteiger partial charge in [-0.15, -0.1) is 0 Å². The predicted molar refractivity (Wildman–Crippen MR) is 106 cm³/mol. The summed E-state index contributed by atoms with van der Waals surface area (Å²) in [6.45, 7) is 4.26. The average Bonchev–Trinajstić information content (AvgIpc) is 3.02. The second-order valence-electron chi connectivity index (χ2n) is 7.10. The second-order valence-corrected chi connectivity index (χ2v) is 7.10. The molecule has 30 heavy (non-hydrogen) atoms. The molecular weight excluding hydrogens is 392 g/mol. The molecule has 0 radical (unpaired) electrons. The Morgan fingerprint density at radius 2 is 1.93 bits per heavy atom. The Hall–Kier alpha value is -3.26. The van der Waals surface area contributed by atoms with Crippen LogP contribution in [0.2, 0.25) is 0 Å². The minimum absolute atomic E-state index is 0.124. The predicted octanol–water partition coefficient (Wildman–Crippen LogP) is 3.61. The number of nitrogens with one attached hydrogen (secondary N) is 1. The van der Waals surface area contributed by atoms with Crippen molar-refractivity contribution in [3.8, 4) is 11.4 Å². The van der Waals surface area contributed by atoms with Gasteiger partial charge in [0.2, 0.25) is 0 Å². The number of aryl methyl sites for hydroxylation is 1. The highest BCUT2D eigenvalue weighted by Gasteiger charge is 2.20. The fourth-order valence-corrected chi connectivity index (χ4v) is 3.65. The van der Waals surface area contributed by atoms with Crippen LogP contribution in [0.15, 0.2) is 36.4 Å². The van der Waals surface area contributed by atoms with Crippen molar-refractivity contribution in [1.29, 1.82) is 0 Å². The maximum absolute atomic E-state index is 13.9. The summed E-state index contributed by atoms with van der Waals surface area (Å²) in [5, 5.41) is 7.28. The normalized spacial score (nSPS) is 12.9. The fourth-order valence-electron chi connectivity index (χ4n) is 3.65. The fraction of sp³-hybridized carbons (Fsp3) is 0.273. The van der Waals surface area contributed by atoms with Gasteiger partial charge in [-0.1, -0.05) is 0 Å². The van der Waals surface area contributed by atoms with Crippen molar-refractivity contribution in [2.45, 2.75) is 26.9 Å². The van der Waals surface area contributed by atoms with Gasteiger partial charge in [0, 0.05) is 12.1 Å². The van der Waals surface area contributed by atoms with Crippen molar-refractivity contribution < 1.29 is 23.0 Å². The third-order valence-electron chi connectivity index (χ3n) is 5.02. The summed E-state index contributed by atoms with van der Waals surface area (Å²) in [4.78, 5) is 12.8. The number of amides is 1. The standard InChI is InChI=1S/C22H21F2N3O3/c1-13-20(14(2)27(26-13)19-5-3-17(23)4-6-19)22(28)25-8-7-15-9-18(24)10-16-11-29-12-30-21(15)16/h3-6,9-10H,7-8,11-12H2,1-2H3,(H,25,28). The van der Waals surface area contributed by atoms with Gasteiger partial charge in [0.05, 0.1) is 29.2 Å². The first-order valence-corrected chi connectivity index (χ1v) is 9.56. The van der Waals surface area contributed by atoms with Crippen LogP contribution >= 0.6 is 0 Å². The van der Waals surface area contributed by atoms with E-state index in [4.69, 9.17) is 9.47 Å². The van der Waals surface area contributed by atoms with Gasteiger partial charge in [-0.3, -0.25) is 4.79 Å². The Balaban J connectivity index is 1.48. The number of ether oxygens (including phenoxy) is 2. The SMILES string of the molecule is Cc1nn(-c2ccc(F)cc2)c(C)c1C(=O)NCCc1cc(F)cc2c1OCOC2. The Bertz CT molecular complexity index is 1090. The van der Waals surface area contributed by atoms with Crippen LogP contribution in [0, 0.1) is 25.5 Å². The Kier molecular flexibility index (Phi) is 5.50. The monoisotopic (exact) mass is 413 g/mol. The van der Waals surface area contributed by atoms with E-state index >= 15 is 0 Å². The number of benzene rings is 2. The lowest BCUT2D eigenvalue weighted by Gasteiger charge is -2.21. The lowest BCUT2D eigenvalue weighted by Crippen LogP contribution is -2.27. The van der Waals surface area contributed by atoms with E-state index in [2.05, 4.69) is 10.4 Å². The number of nitrogens with zero attached hydrogens (tertiary/aromatic N) is 2. The van der Waals surface area contributed by atoms with Gasteiger partial charge in [0.1, 0.15) is 17.4 Å². The van der Waals surface area contributed by atoms with E-state index in [9.17, 15) is 13.6 Å². The summed E-state index contributed by atoms with van der Waals surface area (Å²) in [7, 11) is 0. The van der Waals surface area contributed by atoms with Crippen LogP contribution in [0.4, 0.5) is 8.78 Å². The molecule has 2 aromatic carbocycles. The highest BCUT2D eigenvalue weighted by atomic mass is 19.1. The number of fused-ring (bicyclic) bond motifs is 1. The molecule has 6 nitrogen and oxygen atoms in total. The van der Waals surface area contributed by atoms with Crippen molar-refractivity contribution in [2.75, 3.05) is 13.3 Å². The molecule has 1 amide bonds. The molecule has 8 heteroatoms. The molecule has 3 aromatic rings. The molecule has 0 fully saturated rings. The van der Waals surface area contributed by atoms with Gasteiger partial charge in [-0.05, 0) is 62.2 Å². The van der Waals surface area contributed by atoms with Crippen molar-refractivity contribution in [2.24, 2.45) is 0 Å². The van der Waals surface area contributed by atoms with E-state index in [1.54, 1.807) is 30.7 Å². The molecule has 1 N–H and O–H groups in total. The van der Waals surface area contributed by atoms with Crippen LogP contribution in [0.5, 0.6) is 5.75 Å². The summed E-state index contributed by atoms with van der Waals surface area (Å²) in [5.41, 5.74) is 3.70. The second kappa shape index (κ2) is 8.23. The van der Waals surface area contributed by atoms with Crippen LogP contribution < -0.4 is 10.1 Å². The molecule has 0 aliphatic carbocycles. The van der Waals surface area contributed by atoms with Gasteiger partial charge < -0.3 is 14.8 Å². The third kappa shape index (κ3) is 3.91. The van der Waals surface area contributed by atoms with Crippen LogP contribution in [-0.2, 0) is 17.8 Å². The Labute approximate surface area is 172 Å². The van der Waals surface area contributed by atoms with Crippen molar-refractivity contribution in [3.05, 3.63) is 76.1 Å². The number of hydrogen-bond donors (Lipinski definition) is 1. The van der Waals surface area contributed by atoms with E-state index in [0.29, 0.717) is 59.1 Å². The molecule has 0 atom stereocenters. The van der Waals surface area contributed by atoms with Gasteiger partial charge in [0.25, 0.3) is 5.91 Å². The third-order valence-corrected chi connectivity index (χ3v) is 5.02. The first kappa shape index (κ1) is 20.0. The van der Waals surface area contributed by atoms with Crippen LogP contribution in [-0.4, -0.2) is 29.0 Å². The minimum atomic E-state index is -0.364. The Morgan fingerprint density at radius 1 is 1.17 bits per heavy atom. The van der Waals surface area contributed by atoms with Crippen LogP contribution in [0.1, 0.15) is 32.9 Å². The quantitative estimate of drug-likeness (QED) is 0.694. The number of halogens is 2. The molecule has 0 bridgehead atoms. The molecule has 1 aliphatic rings. The first-order chi connectivity index (χ1) is 14.4. The van der Waals surface area contributed by atoms with Crippen molar-refractivity contribution in [1.82, 2.24) is 15.1 Å². The zero-order chi connectivity index (χ0) is 21.3. The first-order valence-electron chi connectivity index (χ1n) is 9.56. The summed E-state index contributed by atoms with van der Waals surface area (Å²) >= 11 is 0. The smallest absolute Gasteiger partial charge is 0.255 e. The molecule has 0 saturated carbocycles. The molecule has 156 valence electrons. The Morgan fingerprint density at radius 3 is 2.70 bits per heavy atom. The molecule has 0 saturated heterocycles. The molecule has 1 aromatic heterocycles. The molecular formula is C22H21F2N3O3. The van der Waals surface area contributed by atoms with Crippen molar-refractivity contribution in [3.63, 3.8) is 0 Å². The summed E-state index contributed by atoms with van der Waals surface area (Å²) in [5.74, 6) is -0.356.